The van der Waals surface area contributed by atoms with Gasteiger partial charge >= 0.3 is 0 Å². The van der Waals surface area contributed by atoms with Gasteiger partial charge in [0.15, 0.2) is 23.0 Å². The number of nitrogens with one attached hydrogen (secondary N) is 1. The molecule has 0 amide bonds. The van der Waals surface area contributed by atoms with Crippen LogP contribution in [0.15, 0.2) is 24.3 Å². The molecule has 0 saturated carbocycles. The number of ether oxygens (including phenoxy) is 4. The molecule has 0 radical (unpaired) electrons. The smallest absolute Gasteiger partial charge is 0.211 e. The Bertz CT molecular complexity index is 954. The molecule has 2 aromatic carbocycles. The maximum absolute atomic E-state index is 13.0. The Balaban J connectivity index is 2.13. The van der Waals surface area contributed by atoms with Gasteiger partial charge in [0, 0.05) is 10.9 Å². The molecule has 3 aromatic rings. The van der Waals surface area contributed by atoms with Crippen molar-refractivity contribution in [3.05, 3.63) is 35.5 Å². The molecule has 26 heavy (non-hydrogen) atoms. The zero-order valence-electron chi connectivity index (χ0n) is 14.7. The second-order valence-electron chi connectivity index (χ2n) is 5.35. The lowest BCUT2D eigenvalue weighted by atomic mass is 10.0. The van der Waals surface area contributed by atoms with Gasteiger partial charge in [-0.2, -0.15) is 5.10 Å². The minimum Gasteiger partial charge on any atom is -0.503 e. The van der Waals surface area contributed by atoms with Gasteiger partial charge in [0.1, 0.15) is 11.2 Å². The van der Waals surface area contributed by atoms with E-state index in [0.717, 1.165) is 0 Å². The maximum atomic E-state index is 13.0. The van der Waals surface area contributed by atoms with Crippen molar-refractivity contribution in [3.63, 3.8) is 0 Å². The highest BCUT2D eigenvalue weighted by Crippen LogP contribution is 2.39. The first-order chi connectivity index (χ1) is 12.5. The van der Waals surface area contributed by atoms with E-state index in [0.29, 0.717) is 28.2 Å². The quantitative estimate of drug-likeness (QED) is 0.653. The average molecular weight is 358 g/mol. The monoisotopic (exact) mass is 358 g/mol. The molecule has 0 atom stereocenters. The van der Waals surface area contributed by atoms with Crippen LogP contribution in [0.1, 0.15) is 16.1 Å². The number of carbonyl (C=O) groups excluding carboxylic acids is 1. The van der Waals surface area contributed by atoms with E-state index in [9.17, 15) is 9.90 Å². The number of phenolic OH excluding ortho intramolecular Hbond substituents is 1. The van der Waals surface area contributed by atoms with Crippen molar-refractivity contribution in [2.75, 3.05) is 28.4 Å². The molecule has 0 fully saturated rings. The number of H-pyrrole nitrogens is 1. The van der Waals surface area contributed by atoms with Crippen molar-refractivity contribution >= 4 is 16.7 Å². The topological polar surface area (TPSA) is 103 Å². The summed E-state index contributed by atoms with van der Waals surface area (Å²) in [5.41, 5.74) is 0.799. The number of aromatic amines is 1. The molecule has 3 rings (SSSR count). The Morgan fingerprint density at radius 3 is 2.12 bits per heavy atom. The Kier molecular flexibility index (Phi) is 4.57. The van der Waals surface area contributed by atoms with Gasteiger partial charge in [0.25, 0.3) is 0 Å². The molecule has 0 spiro atoms. The van der Waals surface area contributed by atoms with Gasteiger partial charge in [0.2, 0.25) is 11.5 Å². The minimum absolute atomic E-state index is 0.134. The van der Waals surface area contributed by atoms with Crippen molar-refractivity contribution in [2.24, 2.45) is 0 Å². The van der Waals surface area contributed by atoms with E-state index in [1.165, 1.54) is 28.4 Å². The number of ketones is 1. The van der Waals surface area contributed by atoms with Gasteiger partial charge in [-0.1, -0.05) is 0 Å². The van der Waals surface area contributed by atoms with Crippen molar-refractivity contribution in [1.29, 1.82) is 0 Å². The number of rotatable bonds is 6. The van der Waals surface area contributed by atoms with Gasteiger partial charge in [-0.3, -0.25) is 9.89 Å². The van der Waals surface area contributed by atoms with E-state index in [1.54, 1.807) is 24.3 Å². The highest BCUT2D eigenvalue weighted by Gasteiger charge is 2.22. The zero-order chi connectivity index (χ0) is 18.8. The lowest BCUT2D eigenvalue weighted by molar-refractivity contribution is 0.103. The minimum atomic E-state index is -0.337. The summed E-state index contributed by atoms with van der Waals surface area (Å²) in [6.45, 7) is 0. The van der Waals surface area contributed by atoms with Crippen LogP contribution in [0.2, 0.25) is 0 Å². The van der Waals surface area contributed by atoms with Crippen molar-refractivity contribution < 1.29 is 28.8 Å². The molecular weight excluding hydrogens is 340 g/mol. The second kappa shape index (κ2) is 6.83. The molecular formula is C18H18N2O6. The Labute approximate surface area is 149 Å². The average Bonchev–Trinajstić information content (AvgIpc) is 3.11. The summed E-state index contributed by atoms with van der Waals surface area (Å²) in [5, 5.41) is 17.4. The highest BCUT2D eigenvalue weighted by molar-refractivity contribution is 6.16. The van der Waals surface area contributed by atoms with Gasteiger partial charge in [-0.25, -0.2) is 0 Å². The fourth-order valence-electron chi connectivity index (χ4n) is 2.74. The molecule has 1 aromatic heterocycles. The lowest BCUT2D eigenvalue weighted by Crippen LogP contribution is -2.05. The number of fused-ring (bicyclic) bond motifs is 1. The van der Waals surface area contributed by atoms with E-state index < -0.39 is 0 Å². The van der Waals surface area contributed by atoms with Crippen LogP contribution in [0.4, 0.5) is 0 Å². The number of aromatic nitrogens is 2. The third-order valence-electron chi connectivity index (χ3n) is 4.04. The van der Waals surface area contributed by atoms with E-state index in [4.69, 9.17) is 18.9 Å². The van der Waals surface area contributed by atoms with Crippen molar-refractivity contribution in [3.8, 4) is 28.7 Å². The molecule has 8 heteroatoms. The summed E-state index contributed by atoms with van der Waals surface area (Å²) in [6.07, 6.45) is 0. The van der Waals surface area contributed by atoms with Crippen LogP contribution in [-0.4, -0.2) is 49.5 Å². The lowest BCUT2D eigenvalue weighted by Gasteiger charge is -2.13. The first kappa shape index (κ1) is 17.4. The molecule has 0 unspecified atom stereocenters. The fraction of sp³-hybridized carbons (Fsp3) is 0.222. The third-order valence-corrected chi connectivity index (χ3v) is 4.04. The summed E-state index contributed by atoms with van der Waals surface area (Å²) >= 11 is 0. The number of methoxy groups -OCH3 is 4. The van der Waals surface area contributed by atoms with Gasteiger partial charge in [0.05, 0.1) is 28.4 Å². The van der Waals surface area contributed by atoms with E-state index in [2.05, 4.69) is 10.2 Å². The number of benzene rings is 2. The molecule has 136 valence electrons. The molecule has 0 aliphatic carbocycles. The fourth-order valence-corrected chi connectivity index (χ4v) is 2.74. The van der Waals surface area contributed by atoms with Crippen LogP contribution < -0.4 is 18.9 Å². The second-order valence-corrected chi connectivity index (χ2v) is 5.35. The van der Waals surface area contributed by atoms with Crippen molar-refractivity contribution in [1.82, 2.24) is 10.2 Å². The summed E-state index contributed by atoms with van der Waals surface area (Å²) in [6, 6.07) is 6.33. The summed E-state index contributed by atoms with van der Waals surface area (Å²) < 4.78 is 20.9. The van der Waals surface area contributed by atoms with Gasteiger partial charge in [-0.15, -0.1) is 0 Å². The molecule has 2 N–H and O–H groups in total. The number of hydrogen-bond acceptors (Lipinski definition) is 7. The summed E-state index contributed by atoms with van der Waals surface area (Å²) in [7, 11) is 5.87. The Hall–Kier alpha value is -3.42. The normalized spacial score (nSPS) is 10.6. The van der Waals surface area contributed by atoms with Crippen LogP contribution in [0, 0.1) is 0 Å². The van der Waals surface area contributed by atoms with E-state index in [1.807, 2.05) is 0 Å². The largest absolute Gasteiger partial charge is 0.503 e. The summed E-state index contributed by atoms with van der Waals surface area (Å²) in [4.78, 5) is 13.0. The number of carbonyl (C=O) groups is 1. The molecule has 1 heterocycles. The van der Waals surface area contributed by atoms with E-state index >= 15 is 0 Å². The number of hydrogen-bond donors (Lipinski definition) is 2. The SMILES string of the molecule is COc1cc(C(=O)c2[nH]nc3c(O)c(OC)ccc23)cc(OC)c1OC. The first-order valence-electron chi connectivity index (χ1n) is 7.64. The summed E-state index contributed by atoms with van der Waals surface area (Å²) in [5.74, 6) is 0.924. The Morgan fingerprint density at radius 1 is 0.962 bits per heavy atom. The predicted octanol–water partition coefficient (Wildman–Crippen LogP) is 2.53. The molecule has 8 nitrogen and oxygen atoms in total. The molecule has 0 bridgehead atoms. The Morgan fingerprint density at radius 2 is 1.58 bits per heavy atom. The number of nitrogens with zero attached hydrogens (tertiary/aromatic N) is 1. The maximum Gasteiger partial charge on any atom is 0.211 e. The number of phenols is 1. The molecule has 0 saturated heterocycles. The standard InChI is InChI=1S/C18H18N2O6/c1-23-11-6-5-10-14(19-20-15(10)17(11)22)16(21)9-7-12(24-2)18(26-4)13(8-9)25-3/h5-8,22H,1-4H3,(H,19,20). The van der Waals surface area contributed by atoms with Crippen LogP contribution in [0.25, 0.3) is 10.9 Å². The van der Waals surface area contributed by atoms with Crippen LogP contribution >= 0.6 is 0 Å². The molecule has 0 aliphatic rings. The van der Waals surface area contributed by atoms with Crippen LogP contribution in [0.5, 0.6) is 28.7 Å². The third kappa shape index (κ3) is 2.65. The number of aromatic hydroxyl groups is 1. The zero-order valence-corrected chi connectivity index (χ0v) is 14.7. The van der Waals surface area contributed by atoms with Gasteiger partial charge < -0.3 is 24.1 Å². The highest BCUT2D eigenvalue weighted by atomic mass is 16.5. The predicted molar refractivity (Wildman–Crippen MR) is 93.8 cm³/mol. The first-order valence-corrected chi connectivity index (χ1v) is 7.64. The van der Waals surface area contributed by atoms with Gasteiger partial charge in [-0.05, 0) is 24.3 Å². The van der Waals surface area contributed by atoms with Crippen LogP contribution in [-0.2, 0) is 0 Å². The van der Waals surface area contributed by atoms with Crippen LogP contribution in [0.3, 0.4) is 0 Å². The molecule has 0 aliphatic heterocycles. The van der Waals surface area contributed by atoms with E-state index in [-0.39, 0.29) is 28.5 Å². The van der Waals surface area contributed by atoms with Crippen molar-refractivity contribution in [2.45, 2.75) is 0 Å².